The van der Waals surface area contributed by atoms with Gasteiger partial charge in [0.15, 0.2) is 0 Å². The molecule has 0 unspecified atom stereocenters. The number of rotatable bonds is 34. The summed E-state index contributed by atoms with van der Waals surface area (Å²) in [5.41, 5.74) is 3.69. The van der Waals surface area contributed by atoms with E-state index in [9.17, 15) is 25.9 Å². The molecule has 0 spiro atoms. The van der Waals surface area contributed by atoms with Gasteiger partial charge < -0.3 is 9.11 Å². The van der Waals surface area contributed by atoms with Crippen LogP contribution >= 0.6 is 0 Å². The molecule has 0 saturated heterocycles. The van der Waals surface area contributed by atoms with Crippen LogP contribution in [0.25, 0.3) is 21.5 Å². The van der Waals surface area contributed by atoms with Gasteiger partial charge in [0.1, 0.15) is 20.2 Å². The summed E-state index contributed by atoms with van der Waals surface area (Å²) in [7, 11) is -8.97. The third kappa shape index (κ3) is 23.3. The predicted molar refractivity (Wildman–Crippen MR) is 276 cm³/mol. The van der Waals surface area contributed by atoms with E-state index in [2.05, 4.69) is 52.0 Å². The quantitative estimate of drug-likeness (QED) is 0.0261. The number of fused-ring (bicyclic) bond motifs is 2. The molecular weight excluding hydrogens is 1040 g/mol. The van der Waals surface area contributed by atoms with Crippen molar-refractivity contribution in [3.8, 4) is 0 Å². The Balaban J connectivity index is 0.000000440. The van der Waals surface area contributed by atoms with Gasteiger partial charge in [0, 0.05) is 0 Å². The molecule has 65 heavy (non-hydrogen) atoms. The van der Waals surface area contributed by atoms with Gasteiger partial charge in [0.25, 0.3) is 0 Å². The molecule has 0 amide bonds. The van der Waals surface area contributed by atoms with Crippen molar-refractivity contribution in [2.24, 2.45) is 0 Å². The molecule has 0 aliphatic rings. The first kappa shape index (κ1) is 59.3. The molecule has 4 aromatic rings. The molecule has 4 rings (SSSR count). The normalized spacial score (nSPS) is 11.8. The first-order chi connectivity index (χ1) is 30.9. The van der Waals surface area contributed by atoms with Crippen LogP contribution in [0.5, 0.6) is 0 Å². The SMILES string of the molecule is CCCCCCCCCc1cc2cccc(CCCCCCCCC)c2cc1S(=O)(=O)[O-].CCCCCCCCCc1cc2cccc(CCCCCCCCC)c2cc1S(=O)(=O)[O-].[Pb+2]. The third-order valence-corrected chi connectivity index (χ3v) is 14.9. The fourth-order valence-electron chi connectivity index (χ4n) is 9.22. The van der Waals surface area contributed by atoms with Crippen LogP contribution < -0.4 is 0 Å². The van der Waals surface area contributed by atoms with Crippen LogP contribution in [0.3, 0.4) is 0 Å². The summed E-state index contributed by atoms with van der Waals surface area (Å²) in [6.45, 7) is 8.89. The Kier molecular flexibility index (Phi) is 31.4. The molecule has 0 bridgehead atoms. The van der Waals surface area contributed by atoms with Gasteiger partial charge in [-0.1, -0.05) is 218 Å². The van der Waals surface area contributed by atoms with Gasteiger partial charge in [-0.3, -0.25) is 0 Å². The third-order valence-electron chi connectivity index (χ3n) is 13.0. The topological polar surface area (TPSA) is 114 Å². The molecule has 0 atom stereocenters. The Bertz CT molecular complexity index is 1960. The van der Waals surface area contributed by atoms with Crippen LogP contribution in [-0.2, 0) is 45.9 Å². The van der Waals surface area contributed by atoms with Crippen LogP contribution in [0.4, 0.5) is 0 Å². The first-order valence-electron chi connectivity index (χ1n) is 25.9. The fraction of sp³-hybridized carbons (Fsp3) is 0.643. The smallest absolute Gasteiger partial charge is 0.744 e. The van der Waals surface area contributed by atoms with E-state index in [0.29, 0.717) is 24.0 Å². The van der Waals surface area contributed by atoms with Gasteiger partial charge in [0.05, 0.1) is 9.79 Å². The van der Waals surface area contributed by atoms with E-state index >= 15 is 0 Å². The van der Waals surface area contributed by atoms with Gasteiger partial charge in [-0.15, -0.1) is 0 Å². The minimum Gasteiger partial charge on any atom is -0.744 e. The van der Waals surface area contributed by atoms with Crippen molar-refractivity contribution in [2.75, 3.05) is 0 Å². The molecule has 362 valence electrons. The predicted octanol–water partition coefficient (Wildman–Crippen LogP) is 16.3. The van der Waals surface area contributed by atoms with Gasteiger partial charge >= 0.3 is 27.3 Å². The van der Waals surface area contributed by atoms with Crippen LogP contribution in [0.2, 0.25) is 0 Å². The van der Waals surface area contributed by atoms with E-state index in [4.69, 9.17) is 0 Å². The average molecular weight is 1130 g/mol. The van der Waals surface area contributed by atoms with E-state index in [1.807, 2.05) is 24.3 Å². The Hall–Kier alpha value is -1.86. The summed E-state index contributed by atoms with van der Waals surface area (Å²) in [6, 6.07) is 19.6. The monoisotopic (exact) mass is 1130 g/mol. The molecule has 4 aromatic carbocycles. The summed E-state index contributed by atoms with van der Waals surface area (Å²) in [6.07, 6.45) is 37.1. The standard InChI is InChI=1S/2C28H44O3S.Pb/c2*1-3-5-7-9-11-13-15-18-24-20-17-21-25-22-26(19-16-14-12-10-8-6-4-2)28(23-27(24)25)32(29,30)31;/h2*17,20-23H,3-16,18-19H2,1-2H3,(H,29,30,31);/q;;+2/p-2. The van der Waals surface area contributed by atoms with Crippen molar-refractivity contribution in [1.82, 2.24) is 0 Å². The van der Waals surface area contributed by atoms with E-state index in [0.717, 1.165) is 84.0 Å². The fourth-order valence-corrected chi connectivity index (χ4v) is 10.7. The second-order valence-electron chi connectivity index (χ2n) is 18.6. The van der Waals surface area contributed by atoms with Crippen molar-refractivity contribution in [3.63, 3.8) is 0 Å². The van der Waals surface area contributed by atoms with Crippen molar-refractivity contribution >= 4 is 69.1 Å². The zero-order valence-corrected chi connectivity index (χ0v) is 46.7. The number of aryl methyl sites for hydroxylation is 4. The number of unbranched alkanes of at least 4 members (excludes halogenated alkanes) is 24. The van der Waals surface area contributed by atoms with Gasteiger partial charge in [-0.25, -0.2) is 16.8 Å². The summed E-state index contributed by atoms with van der Waals surface area (Å²) in [4.78, 5) is -0.0222. The molecule has 0 saturated carbocycles. The molecule has 9 heteroatoms. The molecule has 0 N–H and O–H groups in total. The van der Waals surface area contributed by atoms with Gasteiger partial charge in [0.2, 0.25) is 0 Å². The van der Waals surface area contributed by atoms with Crippen LogP contribution in [0, 0.1) is 0 Å². The summed E-state index contributed by atoms with van der Waals surface area (Å²) in [5.74, 6) is 0. The molecular formula is C56H86O6PbS2. The number of hydrogen-bond acceptors (Lipinski definition) is 6. The van der Waals surface area contributed by atoms with Gasteiger partial charge in [-0.2, -0.15) is 0 Å². The second-order valence-corrected chi connectivity index (χ2v) is 21.3. The van der Waals surface area contributed by atoms with Crippen LogP contribution in [-0.4, -0.2) is 53.2 Å². The van der Waals surface area contributed by atoms with E-state index in [-0.39, 0.29) is 37.1 Å². The molecule has 0 aromatic heterocycles. The number of benzene rings is 4. The molecule has 0 aliphatic carbocycles. The number of hydrogen-bond donors (Lipinski definition) is 0. The van der Waals surface area contributed by atoms with E-state index in [1.165, 1.54) is 141 Å². The Morgan fingerprint density at radius 2 is 0.585 bits per heavy atom. The summed E-state index contributed by atoms with van der Waals surface area (Å²) in [5, 5.41) is 3.96. The summed E-state index contributed by atoms with van der Waals surface area (Å²) < 4.78 is 72.3. The molecule has 0 heterocycles. The Morgan fingerprint density at radius 3 is 0.846 bits per heavy atom. The molecule has 0 aliphatic heterocycles. The first-order valence-corrected chi connectivity index (χ1v) is 28.8. The second kappa shape index (κ2) is 34.4. The maximum Gasteiger partial charge on any atom is 2.00 e. The molecule has 0 fully saturated rings. The minimum absolute atomic E-state index is 0. The zero-order chi connectivity index (χ0) is 46.5. The van der Waals surface area contributed by atoms with Crippen molar-refractivity contribution in [1.29, 1.82) is 0 Å². The van der Waals surface area contributed by atoms with E-state index < -0.39 is 20.2 Å². The van der Waals surface area contributed by atoms with E-state index in [1.54, 1.807) is 12.1 Å². The van der Waals surface area contributed by atoms with Crippen LogP contribution in [0.15, 0.2) is 70.5 Å². The Morgan fingerprint density at radius 1 is 0.338 bits per heavy atom. The van der Waals surface area contributed by atoms with Crippen LogP contribution in [0.1, 0.15) is 230 Å². The average Bonchev–Trinajstić information content (AvgIpc) is 3.27. The van der Waals surface area contributed by atoms with Crippen molar-refractivity contribution < 1.29 is 25.9 Å². The largest absolute Gasteiger partial charge is 2.00 e. The maximum absolute atomic E-state index is 12.0. The van der Waals surface area contributed by atoms with Crippen molar-refractivity contribution in [3.05, 3.63) is 82.9 Å². The van der Waals surface area contributed by atoms with Crippen molar-refractivity contribution in [2.45, 2.75) is 243 Å². The Labute approximate surface area is 418 Å². The molecule has 2 radical (unpaired) electrons. The minimum atomic E-state index is -4.48. The maximum atomic E-state index is 12.0. The van der Waals surface area contributed by atoms with Gasteiger partial charge in [-0.05, 0) is 119 Å². The molecule has 6 nitrogen and oxygen atoms in total. The summed E-state index contributed by atoms with van der Waals surface area (Å²) >= 11 is 0. The zero-order valence-electron chi connectivity index (χ0n) is 41.2.